The molecule has 0 aromatic carbocycles. The fraction of sp³-hybridized carbons (Fsp3) is 0.571. The van der Waals surface area contributed by atoms with Crippen LogP contribution < -0.4 is 15.5 Å². The summed E-state index contributed by atoms with van der Waals surface area (Å²) in [5, 5.41) is 5.41. The molecule has 2 rings (SSSR count). The van der Waals surface area contributed by atoms with Gasteiger partial charge in [0.05, 0.1) is 12.2 Å². The van der Waals surface area contributed by atoms with E-state index >= 15 is 0 Å². The molecule has 1 aliphatic heterocycles. The number of hydrogen-bond acceptors (Lipinski definition) is 4. The summed E-state index contributed by atoms with van der Waals surface area (Å²) in [6, 6.07) is 3.61. The van der Waals surface area contributed by atoms with E-state index < -0.39 is 0 Å². The third kappa shape index (κ3) is 3.84. The van der Waals surface area contributed by atoms with Crippen LogP contribution in [0.1, 0.15) is 20.8 Å². The highest BCUT2D eigenvalue weighted by atomic mass is 16.5. The first-order valence-electron chi connectivity index (χ1n) is 6.99. The van der Waals surface area contributed by atoms with Gasteiger partial charge in [0.1, 0.15) is 5.82 Å². The second kappa shape index (κ2) is 6.56. The van der Waals surface area contributed by atoms with Crippen LogP contribution >= 0.6 is 0 Å². The summed E-state index contributed by atoms with van der Waals surface area (Å²) in [4.78, 5) is 17.9. The lowest BCUT2D eigenvalue weighted by molar-refractivity contribution is -0.00522. The normalized spacial score (nSPS) is 22.4. The lowest BCUT2D eigenvalue weighted by Crippen LogP contribution is -2.45. The summed E-state index contributed by atoms with van der Waals surface area (Å²) in [6.07, 6.45) is 2.11. The summed E-state index contributed by atoms with van der Waals surface area (Å²) < 4.78 is 5.73. The Morgan fingerprint density at radius 1 is 1.45 bits per heavy atom. The van der Waals surface area contributed by atoms with Crippen LogP contribution in [-0.2, 0) is 4.74 Å². The molecule has 0 spiro atoms. The summed E-state index contributed by atoms with van der Waals surface area (Å²) in [5.74, 6) is 0.556. The summed E-state index contributed by atoms with van der Waals surface area (Å²) in [6.45, 7) is 8.28. The average molecular weight is 278 g/mol. The molecular formula is C14H22N4O2. The van der Waals surface area contributed by atoms with Gasteiger partial charge in [-0.15, -0.1) is 0 Å². The van der Waals surface area contributed by atoms with Gasteiger partial charge in [0, 0.05) is 37.6 Å². The number of rotatable bonds is 3. The maximum absolute atomic E-state index is 11.5. The molecule has 0 bridgehead atoms. The highest BCUT2D eigenvalue weighted by Crippen LogP contribution is 2.21. The second-order valence-electron chi connectivity index (χ2n) is 5.05. The van der Waals surface area contributed by atoms with Crippen LogP contribution in [0.4, 0.5) is 16.3 Å². The van der Waals surface area contributed by atoms with E-state index in [1.54, 1.807) is 6.20 Å². The molecule has 2 amide bonds. The van der Waals surface area contributed by atoms with Crippen LogP contribution in [0.2, 0.25) is 0 Å². The Hall–Kier alpha value is -1.82. The Kier molecular flexibility index (Phi) is 4.79. The molecule has 1 aromatic heterocycles. The van der Waals surface area contributed by atoms with E-state index in [1.807, 2.05) is 19.1 Å². The molecule has 20 heavy (non-hydrogen) atoms. The number of carbonyl (C=O) groups is 1. The van der Waals surface area contributed by atoms with E-state index in [-0.39, 0.29) is 18.2 Å². The van der Waals surface area contributed by atoms with Gasteiger partial charge in [0.25, 0.3) is 0 Å². The smallest absolute Gasteiger partial charge is 0.320 e. The third-order valence-corrected chi connectivity index (χ3v) is 3.11. The van der Waals surface area contributed by atoms with Gasteiger partial charge in [0.2, 0.25) is 0 Å². The van der Waals surface area contributed by atoms with E-state index in [2.05, 4.69) is 34.4 Å². The summed E-state index contributed by atoms with van der Waals surface area (Å²) in [7, 11) is 0. The number of aromatic nitrogens is 1. The molecule has 1 saturated heterocycles. The fourth-order valence-corrected chi connectivity index (χ4v) is 2.39. The van der Waals surface area contributed by atoms with Crippen LogP contribution in [0.25, 0.3) is 0 Å². The van der Waals surface area contributed by atoms with E-state index in [0.29, 0.717) is 12.4 Å². The van der Waals surface area contributed by atoms with Crippen molar-refractivity contribution in [1.29, 1.82) is 0 Å². The monoisotopic (exact) mass is 278 g/mol. The zero-order valence-electron chi connectivity index (χ0n) is 12.2. The Labute approximate surface area is 119 Å². The molecule has 1 fully saturated rings. The van der Waals surface area contributed by atoms with Crippen molar-refractivity contribution in [1.82, 2.24) is 10.3 Å². The van der Waals surface area contributed by atoms with Gasteiger partial charge in [-0.1, -0.05) is 0 Å². The van der Waals surface area contributed by atoms with Gasteiger partial charge in [-0.2, -0.15) is 0 Å². The van der Waals surface area contributed by atoms with Crippen molar-refractivity contribution in [3.8, 4) is 0 Å². The van der Waals surface area contributed by atoms with E-state index in [0.717, 1.165) is 18.8 Å². The number of carbonyl (C=O) groups excluding carboxylic acids is 1. The van der Waals surface area contributed by atoms with Crippen molar-refractivity contribution in [2.24, 2.45) is 0 Å². The Morgan fingerprint density at radius 3 is 2.80 bits per heavy atom. The first kappa shape index (κ1) is 14.6. The predicted molar refractivity (Wildman–Crippen MR) is 79.2 cm³/mol. The number of anilines is 2. The molecule has 0 aliphatic carbocycles. The Balaban J connectivity index is 2.07. The SMILES string of the molecule is CCNC(=O)Nc1cc(N2CC(C)OC(C)C2)ccn1. The molecule has 110 valence electrons. The zero-order chi connectivity index (χ0) is 14.5. The molecule has 1 aliphatic rings. The fourth-order valence-electron chi connectivity index (χ4n) is 2.39. The van der Waals surface area contributed by atoms with Crippen molar-refractivity contribution >= 4 is 17.5 Å². The van der Waals surface area contributed by atoms with Gasteiger partial charge in [-0.05, 0) is 26.8 Å². The minimum atomic E-state index is -0.235. The molecule has 0 radical (unpaired) electrons. The zero-order valence-corrected chi connectivity index (χ0v) is 12.2. The average Bonchev–Trinajstić information content (AvgIpc) is 2.38. The number of morpholine rings is 1. The second-order valence-corrected chi connectivity index (χ2v) is 5.05. The van der Waals surface area contributed by atoms with Crippen molar-refractivity contribution in [3.05, 3.63) is 18.3 Å². The molecule has 0 saturated carbocycles. The molecule has 2 atom stereocenters. The Bertz CT molecular complexity index is 456. The maximum Gasteiger partial charge on any atom is 0.320 e. The maximum atomic E-state index is 11.5. The molecule has 2 heterocycles. The van der Waals surface area contributed by atoms with Gasteiger partial charge in [0.15, 0.2) is 0 Å². The number of pyridine rings is 1. The van der Waals surface area contributed by atoms with Gasteiger partial charge >= 0.3 is 6.03 Å². The number of urea groups is 1. The Morgan fingerprint density at radius 2 is 2.15 bits per heavy atom. The number of ether oxygens (including phenoxy) is 1. The van der Waals surface area contributed by atoms with Crippen molar-refractivity contribution in [2.75, 3.05) is 29.9 Å². The van der Waals surface area contributed by atoms with Crippen LogP contribution in [0.15, 0.2) is 18.3 Å². The van der Waals surface area contributed by atoms with Gasteiger partial charge in [-0.3, -0.25) is 5.32 Å². The first-order chi connectivity index (χ1) is 9.58. The molecule has 2 unspecified atom stereocenters. The van der Waals surface area contributed by atoms with Crippen LogP contribution in [0.5, 0.6) is 0 Å². The molecule has 2 N–H and O–H groups in total. The van der Waals surface area contributed by atoms with E-state index in [9.17, 15) is 4.79 Å². The van der Waals surface area contributed by atoms with Crippen molar-refractivity contribution < 1.29 is 9.53 Å². The van der Waals surface area contributed by atoms with Gasteiger partial charge < -0.3 is 15.0 Å². The number of hydrogen-bond donors (Lipinski definition) is 2. The topological polar surface area (TPSA) is 66.5 Å². The molecule has 1 aromatic rings. The van der Waals surface area contributed by atoms with E-state index in [4.69, 9.17) is 4.74 Å². The highest BCUT2D eigenvalue weighted by Gasteiger charge is 2.22. The minimum absolute atomic E-state index is 0.201. The largest absolute Gasteiger partial charge is 0.372 e. The predicted octanol–water partition coefficient (Wildman–Crippen LogP) is 1.84. The van der Waals surface area contributed by atoms with Crippen LogP contribution in [0, 0.1) is 0 Å². The summed E-state index contributed by atoms with van der Waals surface area (Å²) >= 11 is 0. The molecular weight excluding hydrogens is 256 g/mol. The molecule has 6 heteroatoms. The highest BCUT2D eigenvalue weighted by molar-refractivity contribution is 5.88. The number of nitrogens with zero attached hydrogens (tertiary/aromatic N) is 2. The number of amides is 2. The lowest BCUT2D eigenvalue weighted by Gasteiger charge is -2.36. The summed E-state index contributed by atoms with van der Waals surface area (Å²) in [5.41, 5.74) is 1.05. The quantitative estimate of drug-likeness (QED) is 0.885. The number of nitrogens with one attached hydrogen (secondary N) is 2. The lowest BCUT2D eigenvalue weighted by atomic mass is 10.2. The first-order valence-corrected chi connectivity index (χ1v) is 6.99. The van der Waals surface area contributed by atoms with E-state index in [1.165, 1.54) is 0 Å². The van der Waals surface area contributed by atoms with Crippen LogP contribution in [0.3, 0.4) is 0 Å². The minimum Gasteiger partial charge on any atom is -0.372 e. The standard InChI is InChI=1S/C14H22N4O2/c1-4-15-14(19)17-13-7-12(5-6-16-13)18-8-10(2)20-11(3)9-18/h5-7,10-11H,4,8-9H2,1-3H3,(H2,15,16,17,19). The third-order valence-electron chi connectivity index (χ3n) is 3.11. The van der Waals surface area contributed by atoms with Crippen molar-refractivity contribution in [2.45, 2.75) is 33.0 Å². The van der Waals surface area contributed by atoms with Crippen molar-refractivity contribution in [3.63, 3.8) is 0 Å². The molecule has 6 nitrogen and oxygen atoms in total. The van der Waals surface area contributed by atoms with Crippen LogP contribution in [-0.4, -0.2) is 42.9 Å². The van der Waals surface area contributed by atoms with Gasteiger partial charge in [-0.25, -0.2) is 9.78 Å².